The minimum atomic E-state index is 0.0448. The molecule has 2 aliphatic heterocycles. The van der Waals surface area contributed by atoms with Gasteiger partial charge in [-0.05, 0) is 37.7 Å². The molecule has 2 atom stereocenters. The van der Waals surface area contributed by atoms with Crippen LogP contribution >= 0.6 is 0 Å². The molecule has 0 amide bonds. The number of pyridine rings is 3. The van der Waals surface area contributed by atoms with Crippen molar-refractivity contribution in [3.8, 4) is 11.1 Å². The van der Waals surface area contributed by atoms with Crippen molar-refractivity contribution in [2.24, 2.45) is 7.05 Å². The zero-order chi connectivity index (χ0) is 22.5. The number of carbonyl (C=O) groups is 1. The lowest BCUT2D eigenvalue weighted by molar-refractivity contribution is 0.0992. The van der Waals surface area contributed by atoms with E-state index in [0.29, 0.717) is 17.6 Å². The molecule has 2 aliphatic rings. The van der Waals surface area contributed by atoms with Gasteiger partial charge in [-0.1, -0.05) is 0 Å². The molecule has 8 nitrogen and oxygen atoms in total. The van der Waals surface area contributed by atoms with Gasteiger partial charge >= 0.3 is 0 Å². The highest BCUT2D eigenvalue weighted by molar-refractivity contribution is 5.98. The highest BCUT2D eigenvalue weighted by atomic mass is 16.1. The average Bonchev–Trinajstić information content (AvgIpc) is 3.54. The Morgan fingerprint density at radius 1 is 1.00 bits per heavy atom. The summed E-state index contributed by atoms with van der Waals surface area (Å²) in [5.74, 6) is 0.946. The summed E-state index contributed by atoms with van der Waals surface area (Å²) in [6.45, 7) is 2.03. The molecule has 2 unspecified atom stereocenters. The zero-order valence-electron chi connectivity index (χ0n) is 18.7. The predicted molar refractivity (Wildman–Crippen MR) is 126 cm³/mol. The van der Waals surface area contributed by atoms with Gasteiger partial charge in [0, 0.05) is 78.6 Å². The molecule has 166 valence electrons. The molecule has 0 radical (unpaired) electrons. The summed E-state index contributed by atoms with van der Waals surface area (Å²) in [5.41, 5.74) is 4.22. The van der Waals surface area contributed by atoms with E-state index in [1.54, 1.807) is 23.1 Å². The van der Waals surface area contributed by atoms with Gasteiger partial charge < -0.3 is 4.90 Å². The fourth-order valence-corrected chi connectivity index (χ4v) is 5.06. The highest BCUT2D eigenvalue weighted by Crippen LogP contribution is 2.33. The molecular formula is C25H25N7O. The molecule has 0 saturated carbocycles. The number of hydrogen-bond donors (Lipinski definition) is 0. The molecule has 8 heteroatoms. The minimum absolute atomic E-state index is 0.0448. The first-order chi connectivity index (χ1) is 16.0. The van der Waals surface area contributed by atoms with E-state index >= 15 is 0 Å². The van der Waals surface area contributed by atoms with Crippen LogP contribution in [-0.2, 0) is 13.5 Å². The first kappa shape index (κ1) is 20.0. The number of hydrogen-bond acceptors (Lipinski definition) is 7. The van der Waals surface area contributed by atoms with E-state index in [-0.39, 0.29) is 12.2 Å². The minimum Gasteiger partial charge on any atom is -0.351 e. The van der Waals surface area contributed by atoms with Gasteiger partial charge in [0.2, 0.25) is 0 Å². The fourth-order valence-electron chi connectivity index (χ4n) is 5.06. The molecule has 0 spiro atoms. The first-order valence-corrected chi connectivity index (χ1v) is 11.2. The van der Waals surface area contributed by atoms with Gasteiger partial charge in [-0.15, -0.1) is 0 Å². The number of nitrogens with zero attached hydrogens (tertiary/aromatic N) is 7. The van der Waals surface area contributed by atoms with Crippen LogP contribution in [0.1, 0.15) is 22.5 Å². The maximum atomic E-state index is 13.1. The molecule has 4 aromatic rings. The number of ketones is 1. The van der Waals surface area contributed by atoms with Crippen LogP contribution in [0, 0.1) is 0 Å². The van der Waals surface area contributed by atoms with Gasteiger partial charge in [0.15, 0.2) is 5.78 Å². The number of likely N-dealkylation sites (tertiary alicyclic amines) is 1. The van der Waals surface area contributed by atoms with E-state index in [2.05, 4.69) is 43.0 Å². The second-order valence-corrected chi connectivity index (χ2v) is 9.13. The summed E-state index contributed by atoms with van der Waals surface area (Å²) in [5, 5.41) is 5.20. The largest absolute Gasteiger partial charge is 0.351 e. The number of fused-ring (bicyclic) bond motifs is 3. The Labute approximate surface area is 191 Å². The number of piperazine rings is 1. The highest BCUT2D eigenvalue weighted by Gasteiger charge is 2.41. The Kier molecular flexibility index (Phi) is 4.69. The number of aryl methyl sites for hydroxylation is 1. The van der Waals surface area contributed by atoms with Crippen LogP contribution in [0.5, 0.6) is 0 Å². The van der Waals surface area contributed by atoms with Crippen molar-refractivity contribution in [1.29, 1.82) is 0 Å². The third kappa shape index (κ3) is 3.66. The number of rotatable bonds is 5. The first-order valence-electron chi connectivity index (χ1n) is 11.2. The molecule has 0 aromatic carbocycles. The molecule has 2 bridgehead atoms. The quantitative estimate of drug-likeness (QED) is 0.442. The van der Waals surface area contributed by atoms with E-state index in [1.807, 2.05) is 37.8 Å². The van der Waals surface area contributed by atoms with Gasteiger partial charge in [-0.3, -0.25) is 24.3 Å². The lowest BCUT2D eigenvalue weighted by Gasteiger charge is -2.32. The van der Waals surface area contributed by atoms with Gasteiger partial charge in [-0.25, -0.2) is 4.98 Å². The van der Waals surface area contributed by atoms with E-state index in [0.717, 1.165) is 46.6 Å². The second kappa shape index (κ2) is 7.74. The Hall–Kier alpha value is -3.65. The summed E-state index contributed by atoms with van der Waals surface area (Å²) in [7, 11) is 4.07. The van der Waals surface area contributed by atoms with Crippen molar-refractivity contribution in [2.45, 2.75) is 24.9 Å². The normalized spacial score (nSPS) is 20.1. The van der Waals surface area contributed by atoms with Crippen LogP contribution < -0.4 is 4.90 Å². The molecule has 33 heavy (non-hydrogen) atoms. The monoisotopic (exact) mass is 439 g/mol. The van der Waals surface area contributed by atoms with Crippen molar-refractivity contribution in [3.05, 3.63) is 66.5 Å². The van der Waals surface area contributed by atoms with Gasteiger partial charge in [-0.2, -0.15) is 5.10 Å². The van der Waals surface area contributed by atoms with Gasteiger partial charge in [0.25, 0.3) is 0 Å². The average molecular weight is 440 g/mol. The fraction of sp³-hybridized carbons (Fsp3) is 0.320. The van der Waals surface area contributed by atoms with E-state index in [9.17, 15) is 4.79 Å². The Morgan fingerprint density at radius 2 is 1.91 bits per heavy atom. The number of Topliss-reactive ketones (excluding diaryl/α,β-unsaturated/α-hetero) is 1. The summed E-state index contributed by atoms with van der Waals surface area (Å²) >= 11 is 0. The van der Waals surface area contributed by atoms with Crippen LogP contribution in [0.25, 0.3) is 22.0 Å². The smallest absolute Gasteiger partial charge is 0.169 e. The van der Waals surface area contributed by atoms with Crippen LogP contribution in [0.2, 0.25) is 0 Å². The predicted octanol–water partition coefficient (Wildman–Crippen LogP) is 2.74. The van der Waals surface area contributed by atoms with Crippen LogP contribution in [0.15, 0.2) is 55.2 Å². The third-order valence-electron chi connectivity index (χ3n) is 6.88. The van der Waals surface area contributed by atoms with Crippen molar-refractivity contribution in [1.82, 2.24) is 29.6 Å². The second-order valence-electron chi connectivity index (χ2n) is 9.13. The molecule has 2 fully saturated rings. The van der Waals surface area contributed by atoms with Crippen LogP contribution in [0.3, 0.4) is 0 Å². The summed E-state index contributed by atoms with van der Waals surface area (Å²) in [4.78, 5) is 31.4. The Morgan fingerprint density at radius 3 is 2.67 bits per heavy atom. The molecular weight excluding hydrogens is 414 g/mol. The van der Waals surface area contributed by atoms with Crippen LogP contribution in [-0.4, -0.2) is 67.6 Å². The maximum Gasteiger partial charge on any atom is 0.169 e. The summed E-state index contributed by atoms with van der Waals surface area (Å²) in [6.07, 6.45) is 10.5. The maximum absolute atomic E-state index is 13.1. The third-order valence-corrected chi connectivity index (χ3v) is 6.88. The summed E-state index contributed by atoms with van der Waals surface area (Å²) in [6, 6.07) is 8.84. The number of anilines is 1. The zero-order valence-corrected chi connectivity index (χ0v) is 18.7. The lowest BCUT2D eigenvalue weighted by Crippen LogP contribution is -2.44. The van der Waals surface area contributed by atoms with Crippen molar-refractivity contribution in [2.75, 3.05) is 25.0 Å². The molecule has 4 aromatic heterocycles. The summed E-state index contributed by atoms with van der Waals surface area (Å²) < 4.78 is 1.77. The van der Waals surface area contributed by atoms with Gasteiger partial charge in [0.05, 0.1) is 24.3 Å². The van der Waals surface area contributed by atoms with Gasteiger partial charge in [0.1, 0.15) is 5.82 Å². The van der Waals surface area contributed by atoms with E-state index in [4.69, 9.17) is 0 Å². The standard InChI is InChI=1S/C25H25N7O/c1-30-14-22-9-21(30)15-32(22)25-7-16(3-4-26-25)24(33)8-20-6-17-5-18(10-28-23(17)12-27-20)19-11-29-31(2)13-19/h3-7,10-13,21-22H,8-9,14-15H2,1-2H3. The number of likely N-dealkylation sites (N-methyl/N-ethyl adjacent to an activating group) is 1. The van der Waals surface area contributed by atoms with Crippen molar-refractivity contribution >= 4 is 22.5 Å². The number of aromatic nitrogens is 5. The Bertz CT molecular complexity index is 1360. The topological polar surface area (TPSA) is 80.0 Å². The SMILES string of the molecule is CN1CC2CC1CN2c1cc(C(=O)Cc2cc3cc(-c4cnn(C)c4)cnc3cn2)ccn1. The molecule has 6 heterocycles. The molecule has 0 N–H and O–H groups in total. The lowest BCUT2D eigenvalue weighted by atomic mass is 10.0. The number of carbonyl (C=O) groups excluding carboxylic acids is 1. The van der Waals surface area contributed by atoms with E-state index in [1.165, 1.54) is 6.42 Å². The van der Waals surface area contributed by atoms with Crippen molar-refractivity contribution in [3.63, 3.8) is 0 Å². The molecule has 0 aliphatic carbocycles. The van der Waals surface area contributed by atoms with Crippen LogP contribution in [0.4, 0.5) is 5.82 Å². The van der Waals surface area contributed by atoms with Crippen molar-refractivity contribution < 1.29 is 4.79 Å². The van der Waals surface area contributed by atoms with E-state index < -0.39 is 0 Å². The Balaban J connectivity index is 1.23. The molecule has 2 saturated heterocycles. The molecule has 6 rings (SSSR count).